The fourth-order valence-corrected chi connectivity index (χ4v) is 4.61. The van der Waals surface area contributed by atoms with Gasteiger partial charge >= 0.3 is 0 Å². The molecule has 2 saturated heterocycles. The van der Waals surface area contributed by atoms with Crippen LogP contribution in [0.5, 0.6) is 0 Å². The van der Waals surface area contributed by atoms with E-state index in [0.717, 1.165) is 42.5 Å². The first-order chi connectivity index (χ1) is 15.5. The van der Waals surface area contributed by atoms with Crippen molar-refractivity contribution in [1.82, 2.24) is 14.7 Å². The number of amides is 3. The topological polar surface area (TPSA) is 60.9 Å². The Morgan fingerprint density at radius 3 is 2.31 bits per heavy atom. The van der Waals surface area contributed by atoms with Gasteiger partial charge in [0.2, 0.25) is 0 Å². The molecule has 0 unspecified atom stereocenters. The van der Waals surface area contributed by atoms with Gasteiger partial charge in [-0.2, -0.15) is 0 Å². The van der Waals surface area contributed by atoms with Gasteiger partial charge in [-0.15, -0.1) is 6.58 Å². The van der Waals surface area contributed by atoms with E-state index < -0.39 is 0 Å². The van der Waals surface area contributed by atoms with Gasteiger partial charge in [0.25, 0.3) is 17.1 Å². The predicted octanol–water partition coefficient (Wildman–Crippen LogP) is 3.87. The predicted molar refractivity (Wildman–Crippen MR) is 127 cm³/mol. The van der Waals surface area contributed by atoms with E-state index in [9.17, 15) is 14.4 Å². The van der Waals surface area contributed by atoms with Gasteiger partial charge in [0.05, 0.1) is 11.4 Å². The van der Waals surface area contributed by atoms with Crippen molar-refractivity contribution >= 4 is 34.9 Å². The molecular formula is C25H25N3O3S. The molecule has 2 aliphatic heterocycles. The average Bonchev–Trinajstić information content (AvgIpc) is 3.08. The second-order valence-electron chi connectivity index (χ2n) is 7.76. The Morgan fingerprint density at radius 2 is 1.66 bits per heavy atom. The van der Waals surface area contributed by atoms with Gasteiger partial charge in [0.1, 0.15) is 0 Å². The van der Waals surface area contributed by atoms with Crippen LogP contribution in [-0.4, -0.2) is 64.5 Å². The maximum absolute atomic E-state index is 12.8. The Balaban J connectivity index is 1.40. The third kappa shape index (κ3) is 5.00. The van der Waals surface area contributed by atoms with Gasteiger partial charge in [-0.1, -0.05) is 48.5 Å². The van der Waals surface area contributed by atoms with Crippen LogP contribution in [0.2, 0.25) is 0 Å². The van der Waals surface area contributed by atoms with Crippen molar-refractivity contribution in [1.29, 1.82) is 0 Å². The summed E-state index contributed by atoms with van der Waals surface area (Å²) >= 11 is 0.945. The molecule has 7 heteroatoms. The highest BCUT2D eigenvalue weighted by molar-refractivity contribution is 8.18. The van der Waals surface area contributed by atoms with Crippen LogP contribution in [0.15, 0.2) is 72.2 Å². The van der Waals surface area contributed by atoms with Crippen molar-refractivity contribution in [2.45, 2.75) is 6.54 Å². The minimum atomic E-state index is -0.290. The zero-order valence-electron chi connectivity index (χ0n) is 17.8. The van der Waals surface area contributed by atoms with E-state index in [1.807, 2.05) is 53.4 Å². The molecule has 3 amide bonds. The summed E-state index contributed by atoms with van der Waals surface area (Å²) in [7, 11) is 0. The summed E-state index contributed by atoms with van der Waals surface area (Å²) < 4.78 is 0. The van der Waals surface area contributed by atoms with E-state index in [-0.39, 0.29) is 23.6 Å². The number of carbonyl (C=O) groups is 3. The lowest BCUT2D eigenvalue weighted by molar-refractivity contribution is -0.123. The molecule has 6 nitrogen and oxygen atoms in total. The molecule has 2 fully saturated rings. The number of rotatable bonds is 6. The van der Waals surface area contributed by atoms with Crippen LogP contribution < -0.4 is 0 Å². The van der Waals surface area contributed by atoms with Gasteiger partial charge in [-0.25, -0.2) is 0 Å². The number of piperazine rings is 1. The maximum Gasteiger partial charge on any atom is 0.293 e. The lowest BCUT2D eigenvalue weighted by Crippen LogP contribution is -2.48. The maximum atomic E-state index is 12.8. The second kappa shape index (κ2) is 9.97. The Kier molecular flexibility index (Phi) is 6.87. The van der Waals surface area contributed by atoms with E-state index in [2.05, 4.69) is 11.5 Å². The summed E-state index contributed by atoms with van der Waals surface area (Å²) in [6, 6.07) is 16.6. The minimum Gasteiger partial charge on any atom is -0.336 e. The molecule has 32 heavy (non-hydrogen) atoms. The number of nitrogens with zero attached hydrogens (tertiary/aromatic N) is 3. The van der Waals surface area contributed by atoms with Crippen LogP contribution in [0.1, 0.15) is 21.5 Å². The van der Waals surface area contributed by atoms with E-state index >= 15 is 0 Å². The molecule has 2 aliphatic rings. The first-order valence-corrected chi connectivity index (χ1v) is 11.4. The molecule has 0 spiro atoms. The van der Waals surface area contributed by atoms with Gasteiger partial charge < -0.3 is 4.90 Å². The van der Waals surface area contributed by atoms with Gasteiger partial charge in [0.15, 0.2) is 0 Å². The average molecular weight is 448 g/mol. The number of hydrogen-bond acceptors (Lipinski definition) is 5. The van der Waals surface area contributed by atoms with Crippen LogP contribution in [0.25, 0.3) is 6.08 Å². The Bertz CT molecular complexity index is 1040. The first-order valence-electron chi connectivity index (χ1n) is 10.6. The molecule has 0 saturated carbocycles. The van der Waals surface area contributed by atoms with E-state index in [0.29, 0.717) is 23.6 Å². The zero-order chi connectivity index (χ0) is 22.5. The number of carbonyl (C=O) groups excluding carboxylic acids is 3. The van der Waals surface area contributed by atoms with Crippen molar-refractivity contribution in [3.63, 3.8) is 0 Å². The van der Waals surface area contributed by atoms with Crippen LogP contribution in [0.4, 0.5) is 4.79 Å². The Morgan fingerprint density at radius 1 is 0.969 bits per heavy atom. The quantitative estimate of drug-likeness (QED) is 0.497. The molecule has 0 bridgehead atoms. The molecule has 0 aliphatic carbocycles. The Labute approximate surface area is 192 Å². The number of imide groups is 1. The lowest BCUT2D eigenvalue weighted by Gasteiger charge is -2.34. The number of hydrogen-bond donors (Lipinski definition) is 0. The highest BCUT2D eigenvalue weighted by Gasteiger charge is 2.35. The zero-order valence-corrected chi connectivity index (χ0v) is 18.6. The van der Waals surface area contributed by atoms with E-state index in [1.54, 1.807) is 18.2 Å². The third-order valence-corrected chi connectivity index (χ3v) is 6.47. The largest absolute Gasteiger partial charge is 0.336 e. The van der Waals surface area contributed by atoms with Crippen molar-refractivity contribution < 1.29 is 14.4 Å². The summed E-state index contributed by atoms with van der Waals surface area (Å²) in [6.07, 6.45) is 3.59. The SMILES string of the molecule is C=CCN1CCN(C(=O)c2ccc(/C=C3\SC(=O)N(Cc4ccccc4)C3=O)cc2)CC1. The molecule has 0 radical (unpaired) electrons. The number of thioether (sulfide) groups is 1. The molecule has 2 heterocycles. The Hall–Kier alpha value is -3.16. The molecule has 164 valence electrons. The third-order valence-electron chi connectivity index (χ3n) is 5.56. The fourth-order valence-electron chi connectivity index (χ4n) is 3.77. The molecule has 2 aromatic rings. The summed E-state index contributed by atoms with van der Waals surface area (Å²) in [5, 5.41) is -0.271. The van der Waals surface area contributed by atoms with Gasteiger partial charge in [-0.3, -0.25) is 24.2 Å². The number of benzene rings is 2. The van der Waals surface area contributed by atoms with Crippen LogP contribution in [0.3, 0.4) is 0 Å². The van der Waals surface area contributed by atoms with Crippen molar-refractivity contribution in [2.24, 2.45) is 0 Å². The van der Waals surface area contributed by atoms with Crippen LogP contribution >= 0.6 is 11.8 Å². The molecule has 0 N–H and O–H groups in total. The molecule has 4 rings (SSSR count). The van der Waals surface area contributed by atoms with Gasteiger partial charge in [0, 0.05) is 38.3 Å². The summed E-state index contributed by atoms with van der Waals surface area (Å²) in [6.45, 7) is 7.94. The van der Waals surface area contributed by atoms with Crippen molar-refractivity contribution in [3.8, 4) is 0 Å². The van der Waals surface area contributed by atoms with Crippen molar-refractivity contribution in [2.75, 3.05) is 32.7 Å². The normalized spacial score (nSPS) is 18.4. The van der Waals surface area contributed by atoms with Gasteiger partial charge in [-0.05, 0) is 41.1 Å². The highest BCUT2D eigenvalue weighted by atomic mass is 32.2. The second-order valence-corrected chi connectivity index (χ2v) is 8.75. The molecule has 0 aromatic heterocycles. The molecular weight excluding hydrogens is 422 g/mol. The molecule has 2 aromatic carbocycles. The highest BCUT2D eigenvalue weighted by Crippen LogP contribution is 2.33. The van der Waals surface area contributed by atoms with Crippen LogP contribution in [0, 0.1) is 0 Å². The lowest BCUT2D eigenvalue weighted by atomic mass is 10.1. The summed E-state index contributed by atoms with van der Waals surface area (Å²) in [5.41, 5.74) is 2.31. The fraction of sp³-hybridized carbons (Fsp3) is 0.240. The van der Waals surface area contributed by atoms with Crippen LogP contribution in [-0.2, 0) is 11.3 Å². The van der Waals surface area contributed by atoms with Crippen molar-refractivity contribution in [3.05, 3.63) is 88.8 Å². The summed E-state index contributed by atoms with van der Waals surface area (Å²) in [5.74, 6) is -0.278. The van der Waals surface area contributed by atoms with E-state index in [1.165, 1.54) is 4.90 Å². The molecule has 0 atom stereocenters. The first kappa shape index (κ1) is 22.0. The smallest absolute Gasteiger partial charge is 0.293 e. The monoisotopic (exact) mass is 447 g/mol. The minimum absolute atomic E-state index is 0.0120. The standard InChI is InChI=1S/C25H25N3O3S/c1-2-12-26-13-15-27(16-14-26)23(29)21-10-8-19(9-11-21)17-22-24(30)28(25(31)32-22)18-20-6-4-3-5-7-20/h2-11,17H,1,12-16,18H2/b22-17-. The van der Waals surface area contributed by atoms with E-state index in [4.69, 9.17) is 0 Å². The summed E-state index contributed by atoms with van der Waals surface area (Å²) in [4.78, 5) is 43.6.